The van der Waals surface area contributed by atoms with Crippen LogP contribution in [0.2, 0.25) is 0 Å². The summed E-state index contributed by atoms with van der Waals surface area (Å²) in [6.07, 6.45) is 2.22. The Morgan fingerprint density at radius 2 is 2.37 bits per heavy atom. The van der Waals surface area contributed by atoms with E-state index in [-0.39, 0.29) is 10.8 Å². The number of rotatable bonds is 4. The maximum absolute atomic E-state index is 14.0. The summed E-state index contributed by atoms with van der Waals surface area (Å²) >= 11 is 4.84. The molecular weight excluding hydrogens is 263 g/mol. The Kier molecular flexibility index (Phi) is 4.71. The molecule has 0 bridgehead atoms. The second-order valence-electron chi connectivity index (χ2n) is 4.99. The van der Waals surface area contributed by atoms with E-state index in [9.17, 15) is 4.39 Å². The number of anilines is 1. The van der Waals surface area contributed by atoms with Crippen LogP contribution in [0.1, 0.15) is 18.4 Å². The van der Waals surface area contributed by atoms with Crippen molar-refractivity contribution in [2.24, 2.45) is 11.7 Å². The van der Waals surface area contributed by atoms with Crippen molar-refractivity contribution in [3.63, 3.8) is 0 Å². The Hall–Kier alpha value is -1.20. The lowest BCUT2D eigenvalue weighted by Gasteiger charge is -2.28. The van der Waals surface area contributed by atoms with Crippen LogP contribution in [0.15, 0.2) is 18.2 Å². The summed E-state index contributed by atoms with van der Waals surface area (Å²) < 4.78 is 19.5. The number of thiocarbonyl (C=S) groups is 1. The van der Waals surface area contributed by atoms with Gasteiger partial charge in [-0.25, -0.2) is 4.39 Å². The van der Waals surface area contributed by atoms with E-state index in [1.54, 1.807) is 12.1 Å². The zero-order valence-electron chi connectivity index (χ0n) is 11.1. The fourth-order valence-corrected chi connectivity index (χ4v) is 2.53. The number of ether oxygens (including phenoxy) is 1. The molecule has 5 heteroatoms. The molecule has 1 aromatic carbocycles. The molecule has 2 N–H and O–H groups in total. The van der Waals surface area contributed by atoms with Crippen molar-refractivity contribution in [1.29, 1.82) is 0 Å². The zero-order valence-corrected chi connectivity index (χ0v) is 11.9. The van der Waals surface area contributed by atoms with Crippen LogP contribution in [0.5, 0.6) is 0 Å². The smallest absolute Gasteiger partial charge is 0.147 e. The van der Waals surface area contributed by atoms with Gasteiger partial charge >= 0.3 is 0 Å². The van der Waals surface area contributed by atoms with Gasteiger partial charge in [0.1, 0.15) is 10.8 Å². The van der Waals surface area contributed by atoms with Gasteiger partial charge in [0.25, 0.3) is 0 Å². The van der Waals surface area contributed by atoms with E-state index in [0.29, 0.717) is 17.2 Å². The second-order valence-corrected chi connectivity index (χ2v) is 5.43. The molecule has 0 saturated carbocycles. The average Bonchev–Trinajstić information content (AvgIpc) is 2.39. The highest BCUT2D eigenvalue weighted by atomic mass is 32.1. The third-order valence-electron chi connectivity index (χ3n) is 3.43. The van der Waals surface area contributed by atoms with E-state index in [1.165, 1.54) is 6.07 Å². The first kappa shape index (κ1) is 14.2. The Bertz CT molecular complexity index is 461. The Morgan fingerprint density at radius 1 is 1.58 bits per heavy atom. The highest BCUT2D eigenvalue weighted by molar-refractivity contribution is 7.80. The van der Waals surface area contributed by atoms with Crippen molar-refractivity contribution < 1.29 is 9.13 Å². The lowest BCUT2D eigenvalue weighted by molar-refractivity contribution is 0.0576. The predicted octanol–water partition coefficient (Wildman–Crippen LogP) is 2.32. The SMILES string of the molecule is CN(CC1CCCOC1)c1ccc(C(N)=S)cc1F. The fourth-order valence-electron chi connectivity index (χ4n) is 2.41. The van der Waals surface area contributed by atoms with Gasteiger partial charge in [0.05, 0.1) is 12.3 Å². The molecule has 0 radical (unpaired) electrons. The van der Waals surface area contributed by atoms with Crippen LogP contribution >= 0.6 is 12.2 Å². The maximum atomic E-state index is 14.0. The van der Waals surface area contributed by atoms with E-state index in [4.69, 9.17) is 22.7 Å². The lowest BCUT2D eigenvalue weighted by atomic mass is 10.0. The number of hydrogen-bond donors (Lipinski definition) is 1. The molecule has 1 unspecified atom stereocenters. The van der Waals surface area contributed by atoms with Gasteiger partial charge in [0.2, 0.25) is 0 Å². The van der Waals surface area contributed by atoms with Crippen LogP contribution in [0.4, 0.5) is 10.1 Å². The first-order chi connectivity index (χ1) is 9.08. The molecule has 1 atom stereocenters. The molecule has 19 heavy (non-hydrogen) atoms. The highest BCUT2D eigenvalue weighted by Gasteiger charge is 2.18. The van der Waals surface area contributed by atoms with Crippen LogP contribution in [-0.2, 0) is 4.74 Å². The fraction of sp³-hybridized carbons (Fsp3) is 0.500. The molecule has 1 heterocycles. The van der Waals surface area contributed by atoms with Gasteiger partial charge in [0.15, 0.2) is 0 Å². The van der Waals surface area contributed by atoms with Gasteiger partial charge in [-0.1, -0.05) is 12.2 Å². The monoisotopic (exact) mass is 282 g/mol. The minimum absolute atomic E-state index is 0.216. The zero-order chi connectivity index (χ0) is 13.8. The standard InChI is InChI=1S/C14H19FN2OS/c1-17(8-10-3-2-6-18-9-10)13-5-4-11(14(16)19)7-12(13)15/h4-5,7,10H,2-3,6,8-9H2,1H3,(H2,16,19). The van der Waals surface area contributed by atoms with Gasteiger partial charge < -0.3 is 15.4 Å². The summed E-state index contributed by atoms with van der Waals surface area (Å²) in [5, 5.41) is 0. The maximum Gasteiger partial charge on any atom is 0.147 e. The Balaban J connectivity index is 2.05. The number of benzene rings is 1. The number of nitrogens with two attached hydrogens (primary N) is 1. The van der Waals surface area contributed by atoms with Crippen LogP contribution in [0.25, 0.3) is 0 Å². The minimum Gasteiger partial charge on any atom is -0.389 e. The normalized spacial score (nSPS) is 19.2. The Labute approximate surface area is 118 Å². The van der Waals surface area contributed by atoms with Crippen LogP contribution in [0, 0.1) is 11.7 Å². The molecule has 1 aliphatic rings. The van der Waals surface area contributed by atoms with E-state index in [0.717, 1.165) is 32.6 Å². The molecule has 0 aromatic heterocycles. The third-order valence-corrected chi connectivity index (χ3v) is 3.67. The minimum atomic E-state index is -0.287. The molecule has 104 valence electrons. The van der Waals surface area contributed by atoms with Gasteiger partial charge in [0, 0.05) is 25.8 Å². The Morgan fingerprint density at radius 3 is 2.95 bits per heavy atom. The number of hydrogen-bond acceptors (Lipinski definition) is 3. The summed E-state index contributed by atoms with van der Waals surface area (Å²) in [6, 6.07) is 4.88. The number of halogens is 1. The summed E-state index contributed by atoms with van der Waals surface area (Å²) in [6.45, 7) is 2.40. The highest BCUT2D eigenvalue weighted by Crippen LogP contribution is 2.22. The van der Waals surface area contributed by atoms with Crippen molar-refractivity contribution in [2.45, 2.75) is 12.8 Å². The topological polar surface area (TPSA) is 38.5 Å². The van der Waals surface area contributed by atoms with Crippen LogP contribution in [0.3, 0.4) is 0 Å². The van der Waals surface area contributed by atoms with Crippen LogP contribution in [-0.4, -0.2) is 31.8 Å². The van der Waals surface area contributed by atoms with E-state index in [2.05, 4.69) is 0 Å². The lowest BCUT2D eigenvalue weighted by Crippen LogP contribution is -2.31. The molecule has 0 spiro atoms. The van der Waals surface area contributed by atoms with E-state index < -0.39 is 0 Å². The molecule has 1 saturated heterocycles. The molecule has 1 fully saturated rings. The largest absolute Gasteiger partial charge is 0.389 e. The van der Waals surface area contributed by atoms with Gasteiger partial charge in [-0.2, -0.15) is 0 Å². The van der Waals surface area contributed by atoms with Crippen molar-refractivity contribution in [3.8, 4) is 0 Å². The summed E-state index contributed by atoms with van der Waals surface area (Å²) in [4.78, 5) is 2.15. The van der Waals surface area contributed by atoms with Gasteiger partial charge in [-0.3, -0.25) is 0 Å². The van der Waals surface area contributed by atoms with Crippen molar-refractivity contribution in [1.82, 2.24) is 0 Å². The van der Waals surface area contributed by atoms with Gasteiger partial charge in [-0.05, 0) is 37.0 Å². The first-order valence-corrected chi connectivity index (χ1v) is 6.87. The quantitative estimate of drug-likeness (QED) is 0.860. The molecule has 1 aliphatic heterocycles. The third kappa shape index (κ3) is 3.64. The summed E-state index contributed by atoms with van der Waals surface area (Å²) in [7, 11) is 1.90. The molecule has 0 aliphatic carbocycles. The van der Waals surface area contributed by atoms with Gasteiger partial charge in [-0.15, -0.1) is 0 Å². The van der Waals surface area contributed by atoms with E-state index in [1.807, 2.05) is 11.9 Å². The predicted molar refractivity (Wildman–Crippen MR) is 79.1 cm³/mol. The van der Waals surface area contributed by atoms with Crippen LogP contribution < -0.4 is 10.6 Å². The average molecular weight is 282 g/mol. The molecule has 1 aromatic rings. The van der Waals surface area contributed by atoms with Crippen molar-refractivity contribution >= 4 is 22.9 Å². The van der Waals surface area contributed by atoms with Crippen molar-refractivity contribution in [2.75, 3.05) is 31.7 Å². The summed E-state index contributed by atoms with van der Waals surface area (Å²) in [5.41, 5.74) is 6.63. The van der Waals surface area contributed by atoms with E-state index >= 15 is 0 Å². The first-order valence-electron chi connectivity index (χ1n) is 6.46. The molecule has 2 rings (SSSR count). The molecular formula is C14H19FN2OS. The molecule has 3 nitrogen and oxygen atoms in total. The second kappa shape index (κ2) is 6.30. The summed E-state index contributed by atoms with van der Waals surface area (Å²) in [5.74, 6) is 0.179. The van der Waals surface area contributed by atoms with Crippen molar-refractivity contribution in [3.05, 3.63) is 29.6 Å². The number of nitrogens with zero attached hydrogens (tertiary/aromatic N) is 1. The molecule has 0 amide bonds.